The number of carbonyl (C=O) groups excluding carboxylic acids is 2. The topological polar surface area (TPSA) is 106 Å². The van der Waals surface area contributed by atoms with Gasteiger partial charge in [0.25, 0.3) is 0 Å². The van der Waals surface area contributed by atoms with Gasteiger partial charge < -0.3 is 14.1 Å². The number of hydrogen-bond acceptors (Lipinski definition) is 6. The molecule has 1 saturated carbocycles. The number of benzene rings is 1. The van der Waals surface area contributed by atoms with E-state index in [0.29, 0.717) is 17.1 Å². The van der Waals surface area contributed by atoms with E-state index in [1.165, 1.54) is 11.2 Å². The lowest BCUT2D eigenvalue weighted by Crippen LogP contribution is -2.27. The number of imide groups is 1. The lowest BCUT2D eigenvalue weighted by atomic mass is 10.2. The van der Waals surface area contributed by atoms with E-state index in [2.05, 4.69) is 5.32 Å². The van der Waals surface area contributed by atoms with Gasteiger partial charge in [0.05, 0.1) is 29.6 Å². The second-order valence-corrected chi connectivity index (χ2v) is 9.81. The van der Waals surface area contributed by atoms with E-state index >= 15 is 0 Å². The number of ether oxygens (including phenoxy) is 1. The summed E-state index contributed by atoms with van der Waals surface area (Å²) in [5.74, 6) is 0.656. The van der Waals surface area contributed by atoms with Crippen molar-refractivity contribution in [1.82, 2.24) is 10.2 Å². The van der Waals surface area contributed by atoms with Crippen LogP contribution in [0, 0.1) is 0 Å². The minimum Gasteiger partial charge on any atom is -0.490 e. The van der Waals surface area contributed by atoms with Crippen molar-refractivity contribution in [3.8, 4) is 5.75 Å². The Morgan fingerprint density at radius 3 is 2.70 bits per heavy atom. The van der Waals surface area contributed by atoms with Gasteiger partial charge in [-0.2, -0.15) is 0 Å². The van der Waals surface area contributed by atoms with Crippen molar-refractivity contribution in [3.63, 3.8) is 0 Å². The van der Waals surface area contributed by atoms with Crippen LogP contribution >= 0.6 is 0 Å². The molecule has 2 heterocycles. The smallest absolute Gasteiger partial charge is 0.324 e. The van der Waals surface area contributed by atoms with Crippen LogP contribution in [0.4, 0.5) is 4.79 Å². The summed E-state index contributed by atoms with van der Waals surface area (Å²) in [7, 11) is -3.50. The molecule has 2 fully saturated rings. The molecule has 1 aromatic carbocycles. The van der Waals surface area contributed by atoms with E-state index < -0.39 is 15.9 Å². The van der Waals surface area contributed by atoms with Crippen molar-refractivity contribution in [2.75, 3.05) is 12.3 Å². The molecule has 160 valence electrons. The maximum atomic E-state index is 12.8. The highest BCUT2D eigenvalue weighted by Crippen LogP contribution is 2.26. The highest BCUT2D eigenvalue weighted by molar-refractivity contribution is 7.91. The molecule has 3 amide bonds. The zero-order valence-corrected chi connectivity index (χ0v) is 17.3. The van der Waals surface area contributed by atoms with Gasteiger partial charge >= 0.3 is 6.03 Å². The molecule has 2 aromatic rings. The van der Waals surface area contributed by atoms with Gasteiger partial charge in [-0.15, -0.1) is 0 Å². The van der Waals surface area contributed by atoms with Gasteiger partial charge in [-0.1, -0.05) is 6.07 Å². The summed E-state index contributed by atoms with van der Waals surface area (Å²) in [5, 5.41) is 2.21. The van der Waals surface area contributed by atoms with Crippen molar-refractivity contribution in [3.05, 3.63) is 47.9 Å². The summed E-state index contributed by atoms with van der Waals surface area (Å²) >= 11 is 0. The third-order valence-corrected chi connectivity index (χ3v) is 7.05. The second-order valence-electron chi connectivity index (χ2n) is 7.70. The summed E-state index contributed by atoms with van der Waals surface area (Å²) in [6.07, 6.45) is 6.15. The van der Waals surface area contributed by atoms with Crippen LogP contribution in [0.25, 0.3) is 0 Å². The van der Waals surface area contributed by atoms with Crippen LogP contribution in [0.3, 0.4) is 0 Å². The molecular weight excluding hydrogens is 408 g/mol. The number of carbonyl (C=O) groups is 2. The second kappa shape index (κ2) is 8.51. The maximum Gasteiger partial charge on any atom is 0.324 e. The first-order chi connectivity index (χ1) is 14.4. The average molecular weight is 432 g/mol. The Balaban J connectivity index is 1.35. The van der Waals surface area contributed by atoms with E-state index in [9.17, 15) is 18.0 Å². The minimum absolute atomic E-state index is 0.00694. The summed E-state index contributed by atoms with van der Waals surface area (Å²) in [5.41, 5.74) is 0.708. The first-order valence-corrected chi connectivity index (χ1v) is 11.7. The monoisotopic (exact) mass is 432 g/mol. The molecule has 4 rings (SSSR count). The van der Waals surface area contributed by atoms with E-state index in [4.69, 9.17) is 9.15 Å². The molecular formula is C21H24N2O6S. The largest absolute Gasteiger partial charge is 0.490 e. The molecule has 0 bridgehead atoms. The molecule has 1 aliphatic heterocycles. The predicted molar refractivity (Wildman–Crippen MR) is 108 cm³/mol. The van der Waals surface area contributed by atoms with Crippen LogP contribution in [0.5, 0.6) is 5.75 Å². The number of nitrogens with one attached hydrogen (secondary N) is 1. The van der Waals surface area contributed by atoms with Crippen molar-refractivity contribution < 1.29 is 27.2 Å². The zero-order valence-electron chi connectivity index (χ0n) is 16.5. The average Bonchev–Trinajstić information content (AvgIpc) is 3.44. The van der Waals surface area contributed by atoms with Crippen LogP contribution in [-0.2, 0) is 27.6 Å². The zero-order chi connectivity index (χ0) is 21.1. The molecule has 1 saturated heterocycles. The number of furan rings is 1. The number of aryl methyl sites for hydroxylation is 1. The van der Waals surface area contributed by atoms with Gasteiger partial charge in [0, 0.05) is 12.0 Å². The fourth-order valence-electron chi connectivity index (χ4n) is 3.76. The van der Waals surface area contributed by atoms with Gasteiger partial charge in [0.15, 0.2) is 9.84 Å². The third-order valence-electron chi connectivity index (χ3n) is 5.34. The highest BCUT2D eigenvalue weighted by atomic mass is 32.2. The highest BCUT2D eigenvalue weighted by Gasteiger charge is 2.27. The third kappa shape index (κ3) is 4.84. The Labute approximate surface area is 175 Å². The Hall–Kier alpha value is -2.81. The molecule has 0 atom stereocenters. The summed E-state index contributed by atoms with van der Waals surface area (Å²) in [4.78, 5) is 24.5. The normalized spacial score (nSPS) is 17.5. The Morgan fingerprint density at radius 2 is 1.97 bits per heavy atom. The molecule has 1 aromatic heterocycles. The van der Waals surface area contributed by atoms with Gasteiger partial charge in [-0.25, -0.2) is 13.2 Å². The number of sulfone groups is 1. The molecule has 0 spiro atoms. The molecule has 9 heteroatoms. The Kier molecular flexibility index (Phi) is 5.80. The quantitative estimate of drug-likeness (QED) is 0.643. The maximum absolute atomic E-state index is 12.8. The first-order valence-electron chi connectivity index (χ1n) is 10.0. The van der Waals surface area contributed by atoms with Crippen molar-refractivity contribution in [2.45, 2.75) is 49.6 Å². The first kappa shape index (κ1) is 20.5. The van der Waals surface area contributed by atoms with Crippen molar-refractivity contribution in [1.29, 1.82) is 0 Å². The van der Waals surface area contributed by atoms with Crippen LogP contribution in [-0.4, -0.2) is 43.7 Å². The number of hydrogen-bond donors (Lipinski definition) is 1. The van der Waals surface area contributed by atoms with Crippen LogP contribution in [0.2, 0.25) is 0 Å². The number of amides is 3. The summed E-state index contributed by atoms with van der Waals surface area (Å²) in [6, 6.07) is 7.92. The van der Waals surface area contributed by atoms with Crippen LogP contribution < -0.4 is 10.1 Å². The number of urea groups is 1. The van der Waals surface area contributed by atoms with Gasteiger partial charge in [-0.3, -0.25) is 10.1 Å². The van der Waals surface area contributed by atoms with Gasteiger partial charge in [0.1, 0.15) is 18.1 Å². The van der Waals surface area contributed by atoms with E-state index in [-0.39, 0.29) is 42.2 Å². The molecule has 2 aliphatic rings. The molecule has 0 unspecified atom stereocenters. The van der Waals surface area contributed by atoms with Crippen molar-refractivity contribution >= 4 is 21.8 Å². The molecule has 1 aliphatic carbocycles. The lowest BCUT2D eigenvalue weighted by Gasteiger charge is -2.14. The van der Waals surface area contributed by atoms with Crippen molar-refractivity contribution in [2.24, 2.45) is 0 Å². The van der Waals surface area contributed by atoms with Gasteiger partial charge in [0.2, 0.25) is 5.91 Å². The van der Waals surface area contributed by atoms with E-state index in [1.54, 1.807) is 30.3 Å². The molecule has 8 nitrogen and oxygen atoms in total. The van der Waals surface area contributed by atoms with E-state index in [1.807, 2.05) is 0 Å². The summed E-state index contributed by atoms with van der Waals surface area (Å²) < 4.78 is 36.9. The molecule has 30 heavy (non-hydrogen) atoms. The fourth-order valence-corrected chi connectivity index (χ4v) is 5.05. The minimum atomic E-state index is -3.50. The standard InChI is InChI=1S/C21H24N2O6S/c24-20-13-23(21(25)22-20)12-15-10-17(28-14-15)8-9-30(26,27)19-7-3-6-18(11-19)29-16-4-1-2-5-16/h3,6-7,10-11,14,16H,1-2,4-5,8-9,12-13H2,(H,22,24,25). The SMILES string of the molecule is O=C1CN(Cc2coc(CCS(=O)(=O)c3cccc(OC4CCCC4)c3)c2)C(=O)N1. The Morgan fingerprint density at radius 1 is 1.17 bits per heavy atom. The van der Waals surface area contributed by atoms with Gasteiger partial charge in [-0.05, 0) is 49.9 Å². The fraction of sp³-hybridized carbons (Fsp3) is 0.429. The summed E-state index contributed by atoms with van der Waals surface area (Å²) in [6.45, 7) is 0.237. The Bertz CT molecular complexity index is 1040. The van der Waals surface area contributed by atoms with Crippen LogP contribution in [0.15, 0.2) is 45.9 Å². The lowest BCUT2D eigenvalue weighted by molar-refractivity contribution is -0.118. The van der Waals surface area contributed by atoms with E-state index in [0.717, 1.165) is 25.7 Å². The molecule has 1 N–H and O–H groups in total. The van der Waals surface area contributed by atoms with Crippen LogP contribution in [0.1, 0.15) is 37.0 Å². The predicted octanol–water partition coefficient (Wildman–Crippen LogP) is 2.67. The number of rotatable bonds is 8. The number of nitrogens with zero attached hydrogens (tertiary/aromatic N) is 1. The molecule has 0 radical (unpaired) electrons.